The molecule has 0 aliphatic rings. The number of amides is 3. The molecule has 0 aliphatic carbocycles. The number of hydrogen-bond acceptors (Lipinski definition) is 7. The van der Waals surface area contributed by atoms with Gasteiger partial charge in [-0.1, -0.05) is 30.3 Å². The van der Waals surface area contributed by atoms with Crippen molar-refractivity contribution in [1.82, 2.24) is 21.5 Å². The summed E-state index contributed by atoms with van der Waals surface area (Å²) in [6, 6.07) is 9.40. The van der Waals surface area contributed by atoms with Crippen molar-refractivity contribution < 1.29 is 28.7 Å². The molecule has 4 N–H and O–H groups in total. The number of methoxy groups -OCH3 is 1. The van der Waals surface area contributed by atoms with E-state index in [1.807, 2.05) is 30.3 Å². The Labute approximate surface area is 180 Å². The summed E-state index contributed by atoms with van der Waals surface area (Å²) in [6.07, 6.45) is -0.284. The maximum absolute atomic E-state index is 11.8. The van der Waals surface area contributed by atoms with Crippen molar-refractivity contribution in [2.75, 3.05) is 20.3 Å². The molecule has 10 nitrogen and oxygen atoms in total. The molecule has 1 aromatic rings. The van der Waals surface area contributed by atoms with E-state index in [1.165, 1.54) is 7.11 Å². The molecule has 3 amide bonds. The zero-order valence-electron chi connectivity index (χ0n) is 16.7. The van der Waals surface area contributed by atoms with Gasteiger partial charge in [0.25, 0.3) is 0 Å². The van der Waals surface area contributed by atoms with E-state index < -0.39 is 17.8 Å². The summed E-state index contributed by atoms with van der Waals surface area (Å²) in [4.78, 5) is 46.6. The Kier molecular flexibility index (Phi) is 12.4. The molecule has 0 fully saturated rings. The number of carbonyl (C=O) groups excluding carboxylic acids is 4. The molecule has 0 unspecified atom stereocenters. The third-order valence-electron chi connectivity index (χ3n) is 3.59. The minimum absolute atomic E-state index is 0.00461. The minimum atomic E-state index is -0.528. The molecule has 11 heteroatoms. The Bertz CT molecular complexity index is 729. The fourth-order valence-corrected chi connectivity index (χ4v) is 2.21. The average molecular weight is 439 g/mol. The number of rotatable bonds is 11. The third-order valence-corrected chi connectivity index (χ3v) is 3.79. The highest BCUT2D eigenvalue weighted by molar-refractivity contribution is 7.80. The molecular weight excluding hydrogens is 412 g/mol. The van der Waals surface area contributed by atoms with Gasteiger partial charge in [0.2, 0.25) is 17.7 Å². The number of thiocarbonyl (C=S) groups is 1. The van der Waals surface area contributed by atoms with Crippen LogP contribution in [0.3, 0.4) is 0 Å². The molecule has 0 atom stereocenters. The van der Waals surface area contributed by atoms with E-state index in [1.54, 1.807) is 0 Å². The highest BCUT2D eigenvalue weighted by Crippen LogP contribution is 1.98. The molecule has 1 aromatic carbocycles. The molecule has 0 aromatic heterocycles. The molecular formula is C19H26N4O6S. The van der Waals surface area contributed by atoms with Crippen LogP contribution in [0.25, 0.3) is 0 Å². The van der Waals surface area contributed by atoms with E-state index >= 15 is 0 Å². The quantitative estimate of drug-likeness (QED) is 0.165. The van der Waals surface area contributed by atoms with Gasteiger partial charge in [0.15, 0.2) is 5.11 Å². The maximum Gasteiger partial charge on any atom is 0.306 e. The van der Waals surface area contributed by atoms with Crippen LogP contribution in [-0.4, -0.2) is 49.1 Å². The second-order valence-corrected chi connectivity index (χ2v) is 6.43. The number of hydrogen-bond donors (Lipinski definition) is 4. The van der Waals surface area contributed by atoms with Gasteiger partial charge in [0.1, 0.15) is 6.61 Å². The van der Waals surface area contributed by atoms with Crippen LogP contribution in [0.2, 0.25) is 0 Å². The predicted molar refractivity (Wildman–Crippen MR) is 112 cm³/mol. The van der Waals surface area contributed by atoms with Gasteiger partial charge in [0, 0.05) is 32.9 Å². The van der Waals surface area contributed by atoms with Crippen molar-refractivity contribution in [3.63, 3.8) is 0 Å². The molecule has 164 valence electrons. The van der Waals surface area contributed by atoms with E-state index in [2.05, 4.69) is 21.5 Å². The standard InChI is InChI=1S/C19H26N4O6S/c1-28-11-12-29-18(27)10-9-16(25)21-19(30)23-22-17(26)8-7-15(24)20-13-14-5-3-2-4-6-14/h2-6H,7-13H2,1H3,(H,20,24)(H,22,26)(H2,21,23,25,30). The minimum Gasteiger partial charge on any atom is -0.463 e. The summed E-state index contributed by atoms with van der Waals surface area (Å²) in [5.41, 5.74) is 5.61. The van der Waals surface area contributed by atoms with Crippen LogP contribution in [-0.2, 0) is 35.2 Å². The highest BCUT2D eigenvalue weighted by Gasteiger charge is 2.11. The Balaban J connectivity index is 2.12. The predicted octanol–water partition coefficient (Wildman–Crippen LogP) is 0.0747. The topological polar surface area (TPSA) is 135 Å². The van der Waals surface area contributed by atoms with Crippen LogP contribution in [0, 0.1) is 0 Å². The van der Waals surface area contributed by atoms with Crippen LogP contribution in [0.15, 0.2) is 30.3 Å². The highest BCUT2D eigenvalue weighted by atomic mass is 32.1. The van der Waals surface area contributed by atoms with Gasteiger partial charge in [-0.05, 0) is 17.8 Å². The molecule has 0 bridgehead atoms. The summed E-state index contributed by atoms with van der Waals surface area (Å²) < 4.78 is 9.56. The zero-order chi connectivity index (χ0) is 22.2. The molecule has 0 radical (unpaired) electrons. The Hall–Kier alpha value is -3.05. The van der Waals surface area contributed by atoms with Gasteiger partial charge < -0.3 is 20.1 Å². The number of ether oxygens (including phenoxy) is 2. The van der Waals surface area contributed by atoms with Gasteiger partial charge in [-0.3, -0.25) is 30.0 Å². The van der Waals surface area contributed by atoms with Gasteiger partial charge in [-0.2, -0.15) is 0 Å². The van der Waals surface area contributed by atoms with Crippen molar-refractivity contribution in [3.8, 4) is 0 Å². The van der Waals surface area contributed by atoms with Crippen molar-refractivity contribution in [3.05, 3.63) is 35.9 Å². The van der Waals surface area contributed by atoms with Gasteiger partial charge in [-0.15, -0.1) is 0 Å². The van der Waals surface area contributed by atoms with Gasteiger partial charge in [0.05, 0.1) is 13.0 Å². The monoisotopic (exact) mass is 438 g/mol. The maximum atomic E-state index is 11.8. The first-order chi connectivity index (χ1) is 14.4. The second-order valence-electron chi connectivity index (χ2n) is 6.03. The lowest BCUT2D eigenvalue weighted by atomic mass is 10.2. The van der Waals surface area contributed by atoms with Crippen molar-refractivity contribution in [1.29, 1.82) is 0 Å². The number of hydrazine groups is 1. The van der Waals surface area contributed by atoms with Crippen LogP contribution in [0.1, 0.15) is 31.2 Å². The Morgan fingerprint density at radius 3 is 2.23 bits per heavy atom. The van der Waals surface area contributed by atoms with E-state index in [0.717, 1.165) is 5.56 Å². The van der Waals surface area contributed by atoms with E-state index in [4.69, 9.17) is 21.7 Å². The van der Waals surface area contributed by atoms with E-state index in [9.17, 15) is 19.2 Å². The van der Waals surface area contributed by atoms with Crippen LogP contribution in [0.4, 0.5) is 0 Å². The van der Waals surface area contributed by atoms with Crippen molar-refractivity contribution in [2.24, 2.45) is 0 Å². The summed E-state index contributed by atoms with van der Waals surface area (Å²) in [7, 11) is 1.48. The number of nitrogens with one attached hydrogen (secondary N) is 4. The Morgan fingerprint density at radius 2 is 1.53 bits per heavy atom. The van der Waals surface area contributed by atoms with Crippen LogP contribution in [0.5, 0.6) is 0 Å². The summed E-state index contributed by atoms with van der Waals surface area (Å²) in [6.45, 7) is 0.781. The zero-order valence-corrected chi connectivity index (χ0v) is 17.5. The van der Waals surface area contributed by atoms with Gasteiger partial charge >= 0.3 is 5.97 Å². The number of carbonyl (C=O) groups is 4. The van der Waals surface area contributed by atoms with E-state index in [-0.39, 0.29) is 49.9 Å². The first kappa shape index (κ1) is 25.0. The molecule has 0 saturated carbocycles. The molecule has 1 rings (SSSR count). The fourth-order valence-electron chi connectivity index (χ4n) is 2.05. The lowest BCUT2D eigenvalue weighted by molar-refractivity contribution is -0.146. The second kappa shape index (κ2) is 14.9. The SMILES string of the molecule is COCCOC(=O)CCC(=O)NC(=S)NNC(=O)CCC(=O)NCc1ccccc1. The molecule has 0 spiro atoms. The lowest BCUT2D eigenvalue weighted by Gasteiger charge is -2.11. The third kappa shape index (κ3) is 12.4. The fraction of sp³-hybridized carbons (Fsp3) is 0.421. The molecule has 0 saturated heterocycles. The molecule has 0 heterocycles. The van der Waals surface area contributed by atoms with E-state index in [0.29, 0.717) is 6.54 Å². The van der Waals surface area contributed by atoms with Crippen molar-refractivity contribution >= 4 is 41.0 Å². The number of benzene rings is 1. The average Bonchev–Trinajstić information content (AvgIpc) is 2.74. The summed E-state index contributed by atoms with van der Waals surface area (Å²) in [5, 5.41) is 4.90. The van der Waals surface area contributed by atoms with Crippen LogP contribution < -0.4 is 21.5 Å². The van der Waals surface area contributed by atoms with Crippen molar-refractivity contribution in [2.45, 2.75) is 32.2 Å². The van der Waals surface area contributed by atoms with Crippen LogP contribution >= 0.6 is 12.2 Å². The smallest absolute Gasteiger partial charge is 0.306 e. The number of esters is 1. The lowest BCUT2D eigenvalue weighted by Crippen LogP contribution is -2.48. The largest absolute Gasteiger partial charge is 0.463 e. The summed E-state index contributed by atoms with van der Waals surface area (Å²) in [5.74, 6) is -1.77. The summed E-state index contributed by atoms with van der Waals surface area (Å²) >= 11 is 4.88. The Morgan fingerprint density at radius 1 is 0.867 bits per heavy atom. The normalized spacial score (nSPS) is 9.90. The molecule has 30 heavy (non-hydrogen) atoms. The molecule has 0 aliphatic heterocycles. The first-order valence-electron chi connectivity index (χ1n) is 9.24. The van der Waals surface area contributed by atoms with Gasteiger partial charge in [-0.25, -0.2) is 0 Å². The first-order valence-corrected chi connectivity index (χ1v) is 9.65.